The molecule has 98 valence electrons. The van der Waals surface area contributed by atoms with Crippen LogP contribution in [0.25, 0.3) is 0 Å². The number of carbonyl (C=O) groups is 1. The smallest absolute Gasteiger partial charge is 0.254 e. The van der Waals surface area contributed by atoms with Crippen LogP contribution in [0.15, 0.2) is 12.1 Å². The minimum absolute atomic E-state index is 0.0329. The number of halogens is 2. The van der Waals surface area contributed by atoms with Crippen molar-refractivity contribution in [3.05, 3.63) is 28.0 Å². The normalized spacial score (nSPS) is 24.1. The maximum absolute atomic E-state index is 12.3. The molecule has 1 aliphatic heterocycles. The number of amides is 1. The zero-order valence-electron chi connectivity index (χ0n) is 10.2. The Bertz CT molecular complexity index is 437. The molecule has 2 heterocycles. The molecule has 1 aromatic heterocycles. The molecular weight excluding hydrogens is 275 g/mol. The quantitative estimate of drug-likeness (QED) is 0.746. The molecule has 1 saturated heterocycles. The summed E-state index contributed by atoms with van der Waals surface area (Å²) < 4.78 is 5.59. The van der Waals surface area contributed by atoms with Crippen molar-refractivity contribution in [1.82, 2.24) is 9.88 Å². The lowest BCUT2D eigenvalue weighted by Crippen LogP contribution is -2.48. The van der Waals surface area contributed by atoms with Crippen LogP contribution in [-0.2, 0) is 4.74 Å². The van der Waals surface area contributed by atoms with E-state index in [1.807, 2.05) is 13.8 Å². The summed E-state index contributed by atoms with van der Waals surface area (Å²) in [6.45, 7) is 5.03. The minimum atomic E-state index is -0.0943. The summed E-state index contributed by atoms with van der Waals surface area (Å²) >= 11 is 11.6. The number of morpholine rings is 1. The van der Waals surface area contributed by atoms with Crippen molar-refractivity contribution in [1.29, 1.82) is 0 Å². The first-order chi connectivity index (χ1) is 8.45. The topological polar surface area (TPSA) is 42.4 Å². The third-order valence-electron chi connectivity index (χ3n) is 2.72. The fourth-order valence-electron chi connectivity index (χ4n) is 2.11. The Morgan fingerprint density at radius 3 is 2.28 bits per heavy atom. The monoisotopic (exact) mass is 288 g/mol. The van der Waals surface area contributed by atoms with Crippen molar-refractivity contribution in [2.24, 2.45) is 0 Å². The van der Waals surface area contributed by atoms with Gasteiger partial charge in [0.05, 0.1) is 12.2 Å². The molecule has 4 nitrogen and oxygen atoms in total. The van der Waals surface area contributed by atoms with Gasteiger partial charge in [-0.2, -0.15) is 0 Å². The summed E-state index contributed by atoms with van der Waals surface area (Å²) in [6.07, 6.45) is 0.0657. The van der Waals surface area contributed by atoms with Gasteiger partial charge in [0.25, 0.3) is 5.91 Å². The average Bonchev–Trinajstić information content (AvgIpc) is 2.25. The molecule has 0 spiro atoms. The molecule has 1 fully saturated rings. The second-order valence-electron chi connectivity index (χ2n) is 4.47. The zero-order chi connectivity index (χ0) is 13.3. The average molecular weight is 289 g/mol. The summed E-state index contributed by atoms with van der Waals surface area (Å²) in [5, 5.41) is 0.445. The first-order valence-corrected chi connectivity index (χ1v) is 6.49. The molecule has 1 aromatic rings. The van der Waals surface area contributed by atoms with E-state index in [2.05, 4.69) is 4.98 Å². The molecule has 2 atom stereocenters. The van der Waals surface area contributed by atoms with Crippen LogP contribution >= 0.6 is 23.2 Å². The predicted octanol–water partition coefficient (Wildman–Crippen LogP) is 2.64. The van der Waals surface area contributed by atoms with Crippen LogP contribution in [0.4, 0.5) is 0 Å². The second kappa shape index (κ2) is 5.43. The van der Waals surface area contributed by atoms with Crippen molar-refractivity contribution in [2.45, 2.75) is 26.1 Å². The molecule has 0 saturated carbocycles. The molecule has 18 heavy (non-hydrogen) atoms. The number of nitrogens with zero attached hydrogens (tertiary/aromatic N) is 2. The molecule has 2 rings (SSSR count). The Hall–Kier alpha value is -0.840. The Morgan fingerprint density at radius 2 is 1.78 bits per heavy atom. The Kier molecular flexibility index (Phi) is 4.10. The first-order valence-electron chi connectivity index (χ1n) is 5.73. The summed E-state index contributed by atoms with van der Waals surface area (Å²) in [4.78, 5) is 17.9. The number of ether oxygens (including phenoxy) is 1. The highest BCUT2D eigenvalue weighted by molar-refractivity contribution is 6.33. The van der Waals surface area contributed by atoms with Crippen LogP contribution in [0, 0.1) is 0 Å². The van der Waals surface area contributed by atoms with Crippen LogP contribution in [-0.4, -0.2) is 41.1 Å². The van der Waals surface area contributed by atoms with Gasteiger partial charge in [-0.05, 0) is 26.0 Å². The molecule has 1 amide bonds. The fourth-order valence-corrected chi connectivity index (χ4v) is 2.58. The van der Waals surface area contributed by atoms with Gasteiger partial charge in [-0.3, -0.25) is 4.79 Å². The van der Waals surface area contributed by atoms with E-state index in [9.17, 15) is 4.79 Å². The predicted molar refractivity (Wildman–Crippen MR) is 70.2 cm³/mol. The molecule has 0 bridgehead atoms. The van der Waals surface area contributed by atoms with E-state index in [0.717, 1.165) is 0 Å². The van der Waals surface area contributed by atoms with Gasteiger partial charge in [0.2, 0.25) is 0 Å². The van der Waals surface area contributed by atoms with Gasteiger partial charge in [-0.1, -0.05) is 23.2 Å². The van der Waals surface area contributed by atoms with Gasteiger partial charge in [0.15, 0.2) is 0 Å². The van der Waals surface area contributed by atoms with Gasteiger partial charge in [0.1, 0.15) is 10.3 Å². The molecule has 1 aliphatic rings. The second-order valence-corrected chi connectivity index (χ2v) is 5.24. The maximum atomic E-state index is 12.3. The lowest BCUT2D eigenvalue weighted by atomic mass is 10.2. The molecule has 0 aliphatic carbocycles. The lowest BCUT2D eigenvalue weighted by Gasteiger charge is -2.35. The number of carbonyl (C=O) groups excluding carboxylic acids is 1. The molecule has 6 heteroatoms. The SMILES string of the molecule is CC1CN(C(=O)c2cc(Cl)nc(Cl)c2)C[C@H](C)O1. The maximum Gasteiger partial charge on any atom is 0.254 e. The Morgan fingerprint density at radius 1 is 1.28 bits per heavy atom. The van der Waals surface area contributed by atoms with Crippen LogP contribution < -0.4 is 0 Å². The number of hydrogen-bond donors (Lipinski definition) is 0. The van der Waals surface area contributed by atoms with Crippen molar-refractivity contribution >= 4 is 29.1 Å². The van der Waals surface area contributed by atoms with Crippen LogP contribution in [0.2, 0.25) is 10.3 Å². The van der Waals surface area contributed by atoms with Crippen molar-refractivity contribution in [3.63, 3.8) is 0 Å². The van der Waals surface area contributed by atoms with Crippen molar-refractivity contribution in [3.8, 4) is 0 Å². The number of rotatable bonds is 1. The largest absolute Gasteiger partial charge is 0.372 e. The number of pyridine rings is 1. The van der Waals surface area contributed by atoms with Gasteiger partial charge in [0, 0.05) is 18.7 Å². The molecule has 0 aromatic carbocycles. The standard InChI is InChI=1S/C12H14Cl2N2O2/c1-7-5-16(6-8(2)18-7)12(17)9-3-10(13)15-11(14)4-9/h3-4,7-8H,5-6H2,1-2H3/t7-,8?/m0/s1. The Labute approximate surface area is 116 Å². The van der Waals surface area contributed by atoms with Gasteiger partial charge >= 0.3 is 0 Å². The van der Waals surface area contributed by atoms with Crippen LogP contribution in [0.1, 0.15) is 24.2 Å². The highest BCUT2D eigenvalue weighted by Crippen LogP contribution is 2.19. The summed E-state index contributed by atoms with van der Waals surface area (Å²) in [5.41, 5.74) is 0.460. The van der Waals surface area contributed by atoms with Crippen molar-refractivity contribution < 1.29 is 9.53 Å². The van der Waals surface area contributed by atoms with Gasteiger partial charge in [-0.25, -0.2) is 4.98 Å². The fraction of sp³-hybridized carbons (Fsp3) is 0.500. The molecular formula is C12H14Cl2N2O2. The molecule has 0 radical (unpaired) electrons. The number of hydrogen-bond acceptors (Lipinski definition) is 3. The number of aromatic nitrogens is 1. The van der Waals surface area contributed by atoms with E-state index in [1.54, 1.807) is 4.90 Å². The molecule has 1 unspecified atom stereocenters. The van der Waals surface area contributed by atoms with E-state index in [-0.39, 0.29) is 28.4 Å². The van der Waals surface area contributed by atoms with E-state index >= 15 is 0 Å². The zero-order valence-corrected chi connectivity index (χ0v) is 11.7. The van der Waals surface area contributed by atoms with Gasteiger partial charge in [-0.15, -0.1) is 0 Å². The Balaban J connectivity index is 2.20. The molecule has 0 N–H and O–H groups in total. The lowest BCUT2D eigenvalue weighted by molar-refractivity contribution is -0.0586. The first kappa shape index (κ1) is 13.6. The van der Waals surface area contributed by atoms with E-state index in [0.29, 0.717) is 18.7 Å². The van der Waals surface area contributed by atoms with E-state index in [1.165, 1.54) is 12.1 Å². The summed E-state index contributed by atoms with van der Waals surface area (Å²) in [5.74, 6) is -0.0943. The van der Waals surface area contributed by atoms with Crippen molar-refractivity contribution in [2.75, 3.05) is 13.1 Å². The highest BCUT2D eigenvalue weighted by Gasteiger charge is 2.26. The van der Waals surface area contributed by atoms with E-state index in [4.69, 9.17) is 27.9 Å². The van der Waals surface area contributed by atoms with Crippen LogP contribution in [0.5, 0.6) is 0 Å². The van der Waals surface area contributed by atoms with E-state index < -0.39 is 0 Å². The summed E-state index contributed by atoms with van der Waals surface area (Å²) in [7, 11) is 0. The third-order valence-corrected chi connectivity index (χ3v) is 3.10. The van der Waals surface area contributed by atoms with Gasteiger partial charge < -0.3 is 9.64 Å². The highest BCUT2D eigenvalue weighted by atomic mass is 35.5. The van der Waals surface area contributed by atoms with Crippen LogP contribution in [0.3, 0.4) is 0 Å². The minimum Gasteiger partial charge on any atom is -0.372 e. The third kappa shape index (κ3) is 3.13. The summed E-state index contributed by atoms with van der Waals surface area (Å²) in [6, 6.07) is 3.06.